The lowest BCUT2D eigenvalue weighted by Gasteiger charge is -2.15. The van der Waals surface area contributed by atoms with Gasteiger partial charge in [-0.25, -0.2) is 0 Å². The van der Waals surface area contributed by atoms with Crippen LogP contribution in [0, 0.1) is 5.92 Å². The Balaban J connectivity index is 2.34. The minimum Gasteiger partial charge on any atom is -0.351 e. The maximum absolute atomic E-state index is 11.5. The molecule has 0 spiro atoms. The summed E-state index contributed by atoms with van der Waals surface area (Å²) in [6.07, 6.45) is 1.09. The van der Waals surface area contributed by atoms with Crippen molar-refractivity contribution in [3.63, 3.8) is 0 Å². The normalized spacial score (nSPS) is 27.2. The largest absolute Gasteiger partial charge is 0.351 e. The van der Waals surface area contributed by atoms with Crippen molar-refractivity contribution in [3.05, 3.63) is 12.2 Å². The second kappa shape index (κ2) is 4.42. The SMILES string of the molecule is C=C(C)CNC(=O)C1NCCC1C. The molecule has 0 aromatic carbocycles. The minimum absolute atomic E-state index is 0.000602. The summed E-state index contributed by atoms with van der Waals surface area (Å²) >= 11 is 0. The number of carbonyl (C=O) groups excluding carboxylic acids is 1. The van der Waals surface area contributed by atoms with E-state index in [0.717, 1.165) is 18.5 Å². The molecule has 0 bridgehead atoms. The number of hydrogen-bond acceptors (Lipinski definition) is 2. The number of amides is 1. The molecule has 0 saturated carbocycles. The highest BCUT2D eigenvalue weighted by atomic mass is 16.2. The summed E-state index contributed by atoms with van der Waals surface area (Å²) in [7, 11) is 0. The van der Waals surface area contributed by atoms with Gasteiger partial charge in [-0.05, 0) is 25.8 Å². The van der Waals surface area contributed by atoms with E-state index in [1.165, 1.54) is 0 Å². The number of carbonyl (C=O) groups is 1. The summed E-state index contributed by atoms with van der Waals surface area (Å²) in [5.74, 6) is 0.554. The molecule has 0 aromatic heterocycles. The van der Waals surface area contributed by atoms with Gasteiger partial charge in [0.05, 0.1) is 6.04 Å². The summed E-state index contributed by atoms with van der Waals surface area (Å²) < 4.78 is 0. The molecule has 1 aliphatic heterocycles. The first kappa shape index (κ1) is 10.3. The zero-order valence-electron chi connectivity index (χ0n) is 8.39. The molecule has 1 heterocycles. The van der Waals surface area contributed by atoms with Gasteiger partial charge < -0.3 is 10.6 Å². The van der Waals surface area contributed by atoms with E-state index in [2.05, 4.69) is 24.1 Å². The van der Waals surface area contributed by atoms with Crippen LogP contribution in [-0.4, -0.2) is 25.0 Å². The fourth-order valence-electron chi connectivity index (χ4n) is 1.53. The second-order valence-corrected chi connectivity index (χ2v) is 3.87. The van der Waals surface area contributed by atoms with Gasteiger partial charge in [0.15, 0.2) is 0 Å². The first-order chi connectivity index (χ1) is 6.11. The van der Waals surface area contributed by atoms with E-state index in [1.54, 1.807) is 0 Å². The van der Waals surface area contributed by atoms with Crippen LogP contribution >= 0.6 is 0 Å². The summed E-state index contributed by atoms with van der Waals surface area (Å²) in [6.45, 7) is 9.29. The van der Waals surface area contributed by atoms with E-state index in [1.807, 2.05) is 6.92 Å². The zero-order chi connectivity index (χ0) is 9.84. The molecule has 1 aliphatic rings. The maximum Gasteiger partial charge on any atom is 0.237 e. The van der Waals surface area contributed by atoms with Gasteiger partial charge >= 0.3 is 0 Å². The van der Waals surface area contributed by atoms with Gasteiger partial charge in [0, 0.05) is 6.54 Å². The highest BCUT2D eigenvalue weighted by Gasteiger charge is 2.28. The lowest BCUT2D eigenvalue weighted by atomic mass is 10.0. The van der Waals surface area contributed by atoms with Crippen LogP contribution in [0.5, 0.6) is 0 Å². The molecule has 1 fully saturated rings. The third-order valence-corrected chi connectivity index (χ3v) is 2.38. The fourth-order valence-corrected chi connectivity index (χ4v) is 1.53. The van der Waals surface area contributed by atoms with E-state index in [-0.39, 0.29) is 11.9 Å². The van der Waals surface area contributed by atoms with E-state index in [0.29, 0.717) is 12.5 Å². The monoisotopic (exact) mass is 182 g/mol. The third kappa shape index (κ3) is 2.84. The Hall–Kier alpha value is -0.830. The molecule has 0 radical (unpaired) electrons. The van der Waals surface area contributed by atoms with Crippen LogP contribution in [0.25, 0.3) is 0 Å². The highest BCUT2D eigenvalue weighted by Crippen LogP contribution is 2.13. The molecule has 1 saturated heterocycles. The van der Waals surface area contributed by atoms with Gasteiger partial charge in [-0.1, -0.05) is 19.1 Å². The van der Waals surface area contributed by atoms with Gasteiger partial charge in [0.2, 0.25) is 5.91 Å². The summed E-state index contributed by atoms with van der Waals surface area (Å²) in [5, 5.41) is 6.04. The Labute approximate surface area is 79.6 Å². The maximum atomic E-state index is 11.5. The van der Waals surface area contributed by atoms with Gasteiger partial charge in [-0.3, -0.25) is 4.79 Å². The van der Waals surface area contributed by atoms with Gasteiger partial charge in [0.25, 0.3) is 0 Å². The smallest absolute Gasteiger partial charge is 0.237 e. The van der Waals surface area contributed by atoms with Crippen molar-refractivity contribution in [3.8, 4) is 0 Å². The van der Waals surface area contributed by atoms with Crippen molar-refractivity contribution < 1.29 is 4.79 Å². The average Bonchev–Trinajstić information content (AvgIpc) is 2.47. The van der Waals surface area contributed by atoms with E-state index < -0.39 is 0 Å². The second-order valence-electron chi connectivity index (χ2n) is 3.87. The molecular weight excluding hydrogens is 164 g/mol. The van der Waals surface area contributed by atoms with Crippen molar-refractivity contribution >= 4 is 5.91 Å². The molecule has 0 aromatic rings. The van der Waals surface area contributed by atoms with Gasteiger partial charge in [-0.2, -0.15) is 0 Å². The van der Waals surface area contributed by atoms with Crippen molar-refractivity contribution in [2.24, 2.45) is 5.92 Å². The van der Waals surface area contributed by atoms with Gasteiger partial charge in [-0.15, -0.1) is 0 Å². The first-order valence-corrected chi connectivity index (χ1v) is 4.76. The zero-order valence-corrected chi connectivity index (χ0v) is 8.39. The van der Waals surface area contributed by atoms with Crippen LogP contribution in [0.4, 0.5) is 0 Å². The Morgan fingerprint density at radius 2 is 2.38 bits per heavy atom. The Morgan fingerprint density at radius 3 is 2.85 bits per heavy atom. The van der Waals surface area contributed by atoms with Crippen molar-refractivity contribution in [2.75, 3.05) is 13.1 Å². The Kier molecular flexibility index (Phi) is 3.48. The number of rotatable bonds is 3. The predicted molar refractivity (Wildman–Crippen MR) is 53.4 cm³/mol. The molecule has 3 heteroatoms. The predicted octanol–water partition coefficient (Wildman–Crippen LogP) is 0.677. The molecule has 1 rings (SSSR count). The standard InChI is InChI=1S/C10H18N2O/c1-7(2)6-12-10(13)9-8(3)4-5-11-9/h8-9,11H,1,4-6H2,2-3H3,(H,12,13). The number of hydrogen-bond donors (Lipinski definition) is 2. The average molecular weight is 182 g/mol. The van der Waals surface area contributed by atoms with Gasteiger partial charge in [0.1, 0.15) is 0 Å². The Morgan fingerprint density at radius 1 is 1.69 bits per heavy atom. The summed E-state index contributed by atoms with van der Waals surface area (Å²) in [5.41, 5.74) is 0.985. The minimum atomic E-state index is -0.000602. The Bertz CT molecular complexity index is 213. The summed E-state index contributed by atoms with van der Waals surface area (Å²) in [6, 6.07) is -0.000602. The molecular formula is C10H18N2O. The molecule has 2 atom stereocenters. The van der Waals surface area contributed by atoms with E-state index in [4.69, 9.17) is 0 Å². The first-order valence-electron chi connectivity index (χ1n) is 4.76. The van der Waals surface area contributed by atoms with E-state index >= 15 is 0 Å². The topological polar surface area (TPSA) is 41.1 Å². The van der Waals surface area contributed by atoms with Crippen molar-refractivity contribution in [1.82, 2.24) is 10.6 Å². The molecule has 2 N–H and O–H groups in total. The molecule has 74 valence electrons. The fraction of sp³-hybridized carbons (Fsp3) is 0.700. The lowest BCUT2D eigenvalue weighted by molar-refractivity contribution is -0.123. The molecule has 13 heavy (non-hydrogen) atoms. The van der Waals surface area contributed by atoms with Crippen LogP contribution in [0.3, 0.4) is 0 Å². The van der Waals surface area contributed by atoms with E-state index in [9.17, 15) is 4.79 Å². The van der Waals surface area contributed by atoms with Crippen molar-refractivity contribution in [1.29, 1.82) is 0 Å². The molecule has 0 aliphatic carbocycles. The van der Waals surface area contributed by atoms with Crippen LogP contribution in [0.2, 0.25) is 0 Å². The summed E-state index contributed by atoms with van der Waals surface area (Å²) in [4.78, 5) is 11.5. The quantitative estimate of drug-likeness (QED) is 0.630. The lowest BCUT2D eigenvalue weighted by Crippen LogP contribution is -2.43. The molecule has 1 amide bonds. The third-order valence-electron chi connectivity index (χ3n) is 2.38. The molecule has 3 nitrogen and oxygen atoms in total. The molecule has 2 unspecified atom stereocenters. The van der Waals surface area contributed by atoms with Crippen LogP contribution in [0.15, 0.2) is 12.2 Å². The van der Waals surface area contributed by atoms with Crippen molar-refractivity contribution in [2.45, 2.75) is 26.3 Å². The van der Waals surface area contributed by atoms with Crippen LogP contribution in [-0.2, 0) is 4.79 Å². The van der Waals surface area contributed by atoms with Crippen LogP contribution in [0.1, 0.15) is 20.3 Å². The number of nitrogens with one attached hydrogen (secondary N) is 2. The highest BCUT2D eigenvalue weighted by molar-refractivity contribution is 5.82. The van der Waals surface area contributed by atoms with Crippen LogP contribution < -0.4 is 10.6 Å².